The van der Waals surface area contributed by atoms with Gasteiger partial charge in [-0.2, -0.15) is 0 Å². The third kappa shape index (κ3) is 13.5. The normalized spacial score (nSPS) is 11.6. The number of rotatable bonds is 14. The smallest absolute Gasteiger partial charge is 0.156 e. The highest BCUT2D eigenvalue weighted by atomic mass is 35.5. The van der Waals surface area contributed by atoms with Crippen LogP contribution in [0.25, 0.3) is 0 Å². The highest BCUT2D eigenvalue weighted by molar-refractivity contribution is 6.55. The number of unbranched alkanes of at least 4 members (excludes halogenated alkanes) is 2. The van der Waals surface area contributed by atoms with Crippen molar-refractivity contribution in [2.24, 2.45) is 5.16 Å². The van der Waals surface area contributed by atoms with E-state index >= 15 is 0 Å². The van der Waals surface area contributed by atoms with E-state index in [1.54, 1.807) is 18.3 Å². The lowest BCUT2D eigenvalue weighted by molar-refractivity contribution is 0.00128. The molecule has 0 atom stereocenters. The van der Waals surface area contributed by atoms with Gasteiger partial charge in [-0.1, -0.05) is 51.6 Å². The highest BCUT2D eigenvalue weighted by Crippen LogP contribution is 2.37. The van der Waals surface area contributed by atoms with Crippen molar-refractivity contribution < 1.29 is 19.0 Å². The Balaban J connectivity index is 2.16. The number of nitrogens with zero attached hydrogens (tertiary/aromatic N) is 1. The molecule has 0 spiro atoms. The zero-order valence-electron chi connectivity index (χ0n) is 17.6. The van der Waals surface area contributed by atoms with Crippen LogP contribution < -0.4 is 9.47 Å². The fourth-order valence-corrected chi connectivity index (χ4v) is 2.80. The fraction of sp³-hybridized carbons (Fsp3) is 0.571. The zero-order chi connectivity index (χ0) is 22.4. The molecule has 1 aromatic rings. The standard InChI is InChI=1S/C21H29Cl4NO4/c1-21(2,3)30-26-9-7-11-27-10-5-4-6-12-29-20-17(22)14-16(15-18(20)23)28-13-8-19(24)25/h8-9,14-15H,4-7,10-13H2,1-3H3. The lowest BCUT2D eigenvalue weighted by Crippen LogP contribution is -2.15. The summed E-state index contributed by atoms with van der Waals surface area (Å²) in [6.45, 7) is 7.91. The second kappa shape index (κ2) is 15.0. The van der Waals surface area contributed by atoms with Crippen molar-refractivity contribution >= 4 is 52.6 Å². The van der Waals surface area contributed by atoms with Crippen molar-refractivity contribution in [2.45, 2.75) is 52.1 Å². The molecule has 0 aliphatic carbocycles. The van der Waals surface area contributed by atoms with Crippen molar-refractivity contribution in [1.29, 1.82) is 0 Å². The molecule has 0 aliphatic rings. The van der Waals surface area contributed by atoms with E-state index in [2.05, 4.69) is 5.16 Å². The summed E-state index contributed by atoms with van der Waals surface area (Å²) in [6, 6.07) is 3.28. The Kier molecular flexibility index (Phi) is 13.6. The minimum atomic E-state index is -0.264. The van der Waals surface area contributed by atoms with Gasteiger partial charge in [0.25, 0.3) is 0 Å². The SMILES string of the molecule is CC(C)(C)ON=CCCOCCCCCOc1c(Cl)cc(OCC=C(Cl)Cl)cc1Cl. The molecule has 0 saturated carbocycles. The molecule has 0 saturated heterocycles. The molecule has 1 aromatic carbocycles. The fourth-order valence-electron chi connectivity index (χ4n) is 2.10. The van der Waals surface area contributed by atoms with Crippen molar-refractivity contribution in [3.8, 4) is 11.5 Å². The van der Waals surface area contributed by atoms with Gasteiger partial charge in [0, 0.05) is 31.4 Å². The van der Waals surface area contributed by atoms with Gasteiger partial charge in [-0.15, -0.1) is 0 Å². The molecule has 0 bridgehead atoms. The number of oxime groups is 1. The minimum absolute atomic E-state index is 0.136. The number of benzene rings is 1. The Morgan fingerprint density at radius 2 is 1.63 bits per heavy atom. The summed E-state index contributed by atoms with van der Waals surface area (Å²) in [6.07, 6.45) is 6.77. The summed E-state index contributed by atoms with van der Waals surface area (Å²) < 4.78 is 16.9. The van der Waals surface area contributed by atoms with Gasteiger partial charge in [0.1, 0.15) is 22.4 Å². The van der Waals surface area contributed by atoms with Crippen LogP contribution in [0.15, 0.2) is 27.9 Å². The van der Waals surface area contributed by atoms with E-state index in [1.165, 1.54) is 6.08 Å². The first-order valence-electron chi connectivity index (χ1n) is 9.72. The lowest BCUT2D eigenvalue weighted by Gasteiger charge is -2.14. The van der Waals surface area contributed by atoms with E-state index in [-0.39, 0.29) is 16.7 Å². The maximum Gasteiger partial charge on any atom is 0.156 e. The van der Waals surface area contributed by atoms with E-state index < -0.39 is 0 Å². The molecule has 170 valence electrons. The third-order valence-electron chi connectivity index (χ3n) is 3.43. The summed E-state index contributed by atoms with van der Waals surface area (Å²) in [4.78, 5) is 5.25. The Bertz CT molecular complexity index is 663. The molecule has 9 heteroatoms. The van der Waals surface area contributed by atoms with Crippen LogP contribution in [-0.2, 0) is 9.57 Å². The van der Waals surface area contributed by atoms with E-state index in [4.69, 9.17) is 65.5 Å². The van der Waals surface area contributed by atoms with Gasteiger partial charge in [-0.05, 0) is 46.1 Å². The van der Waals surface area contributed by atoms with Gasteiger partial charge >= 0.3 is 0 Å². The maximum absolute atomic E-state index is 6.24. The molecule has 0 aromatic heterocycles. The van der Waals surface area contributed by atoms with Gasteiger partial charge in [0.15, 0.2) is 5.75 Å². The van der Waals surface area contributed by atoms with Gasteiger partial charge in [-0.3, -0.25) is 0 Å². The van der Waals surface area contributed by atoms with Gasteiger partial charge in [0.05, 0.1) is 23.3 Å². The van der Waals surface area contributed by atoms with E-state index in [0.717, 1.165) is 25.7 Å². The zero-order valence-corrected chi connectivity index (χ0v) is 20.6. The predicted molar refractivity (Wildman–Crippen MR) is 126 cm³/mol. The Morgan fingerprint density at radius 1 is 0.967 bits per heavy atom. The van der Waals surface area contributed by atoms with Crippen LogP contribution in [0.4, 0.5) is 0 Å². The van der Waals surface area contributed by atoms with Crippen molar-refractivity contribution in [3.05, 3.63) is 32.7 Å². The second-order valence-corrected chi connectivity index (χ2v) is 9.14. The number of hydrogen-bond donors (Lipinski definition) is 0. The third-order valence-corrected chi connectivity index (χ3v) is 4.30. The molecule has 0 radical (unpaired) electrons. The summed E-state index contributed by atoms with van der Waals surface area (Å²) in [5, 5.41) is 4.68. The summed E-state index contributed by atoms with van der Waals surface area (Å²) in [7, 11) is 0. The minimum Gasteiger partial charge on any atom is -0.490 e. The van der Waals surface area contributed by atoms with Crippen LogP contribution in [0, 0.1) is 0 Å². The van der Waals surface area contributed by atoms with Crippen LogP contribution in [0.1, 0.15) is 46.5 Å². The molecule has 0 fully saturated rings. The molecule has 0 unspecified atom stereocenters. The van der Waals surface area contributed by atoms with E-state index in [1.807, 2.05) is 20.8 Å². The molecule has 5 nitrogen and oxygen atoms in total. The first-order chi connectivity index (χ1) is 14.2. The summed E-state index contributed by atoms with van der Waals surface area (Å²) >= 11 is 23.6. The van der Waals surface area contributed by atoms with Crippen molar-refractivity contribution in [2.75, 3.05) is 26.4 Å². The van der Waals surface area contributed by atoms with Gasteiger partial charge in [0.2, 0.25) is 0 Å². The van der Waals surface area contributed by atoms with Crippen LogP contribution in [-0.4, -0.2) is 38.2 Å². The van der Waals surface area contributed by atoms with E-state index in [0.29, 0.717) is 41.4 Å². The number of halogens is 4. The first kappa shape index (κ1) is 27.2. The van der Waals surface area contributed by atoms with Crippen LogP contribution in [0.5, 0.6) is 11.5 Å². The summed E-state index contributed by atoms with van der Waals surface area (Å²) in [5.74, 6) is 0.958. The van der Waals surface area contributed by atoms with Gasteiger partial charge < -0.3 is 19.0 Å². The monoisotopic (exact) mass is 499 g/mol. The predicted octanol–water partition coefficient (Wildman–Crippen LogP) is 7.45. The van der Waals surface area contributed by atoms with Crippen molar-refractivity contribution in [1.82, 2.24) is 0 Å². The molecule has 0 aliphatic heterocycles. The molecule has 0 amide bonds. The number of hydrogen-bond acceptors (Lipinski definition) is 5. The Hall–Kier alpha value is -0.850. The largest absolute Gasteiger partial charge is 0.490 e. The maximum atomic E-state index is 6.24. The topological polar surface area (TPSA) is 49.3 Å². The quantitative estimate of drug-likeness (QED) is 0.151. The Morgan fingerprint density at radius 3 is 2.27 bits per heavy atom. The summed E-state index contributed by atoms with van der Waals surface area (Å²) in [5.41, 5.74) is -0.264. The molecular formula is C21H29Cl4NO4. The van der Waals surface area contributed by atoms with Crippen LogP contribution >= 0.6 is 46.4 Å². The average molecular weight is 501 g/mol. The van der Waals surface area contributed by atoms with Crippen LogP contribution in [0.2, 0.25) is 10.0 Å². The molecule has 1 rings (SSSR count). The molecule has 0 N–H and O–H groups in total. The average Bonchev–Trinajstić information content (AvgIpc) is 2.63. The molecular weight excluding hydrogens is 472 g/mol. The lowest BCUT2D eigenvalue weighted by atomic mass is 10.2. The first-order valence-corrected chi connectivity index (χ1v) is 11.2. The Labute approximate surface area is 199 Å². The highest BCUT2D eigenvalue weighted by Gasteiger charge is 2.11. The van der Waals surface area contributed by atoms with Crippen molar-refractivity contribution in [3.63, 3.8) is 0 Å². The molecule has 0 heterocycles. The van der Waals surface area contributed by atoms with E-state index in [9.17, 15) is 0 Å². The second-order valence-electron chi connectivity index (χ2n) is 7.32. The van der Waals surface area contributed by atoms with Gasteiger partial charge in [-0.25, -0.2) is 0 Å². The van der Waals surface area contributed by atoms with Crippen LogP contribution in [0.3, 0.4) is 0 Å². The molecule has 30 heavy (non-hydrogen) atoms. The number of ether oxygens (including phenoxy) is 3.